The zero-order valence-electron chi connectivity index (χ0n) is 19.9. The van der Waals surface area contributed by atoms with E-state index in [1.807, 2.05) is 6.92 Å². The molecule has 0 aromatic heterocycles. The number of hydrogen-bond acceptors (Lipinski definition) is 4. The van der Waals surface area contributed by atoms with E-state index in [0.29, 0.717) is 36.7 Å². The molecule has 1 saturated heterocycles. The lowest BCUT2D eigenvalue weighted by atomic mass is 9.65. The van der Waals surface area contributed by atoms with Crippen molar-refractivity contribution in [2.75, 3.05) is 23.7 Å². The van der Waals surface area contributed by atoms with Crippen LogP contribution in [0, 0.1) is 11.3 Å². The zero-order chi connectivity index (χ0) is 24.2. The molecule has 180 valence electrons. The summed E-state index contributed by atoms with van der Waals surface area (Å²) in [5.74, 6) is -0.288. The molecule has 0 radical (unpaired) electrons. The van der Waals surface area contributed by atoms with Gasteiger partial charge in [0.15, 0.2) is 0 Å². The molecule has 3 rings (SSSR count). The first-order valence-corrected chi connectivity index (χ1v) is 11.7. The van der Waals surface area contributed by atoms with Crippen molar-refractivity contribution in [2.24, 2.45) is 11.3 Å². The SMILES string of the molecule is CCNC(=O)Nc1cccc(NC(=O)CN2C(=O)NC3(CCC(C(C)(C)CC)CC3)C2=O)c1. The van der Waals surface area contributed by atoms with Gasteiger partial charge < -0.3 is 21.3 Å². The maximum absolute atomic E-state index is 13.2. The first kappa shape index (κ1) is 24.5. The van der Waals surface area contributed by atoms with E-state index < -0.39 is 17.5 Å². The molecular weight excluding hydrogens is 422 g/mol. The molecule has 1 aliphatic carbocycles. The molecule has 1 spiro atoms. The molecule has 2 aliphatic rings. The molecule has 1 aromatic rings. The zero-order valence-corrected chi connectivity index (χ0v) is 19.9. The Kier molecular flexibility index (Phi) is 7.29. The lowest BCUT2D eigenvalue weighted by Gasteiger charge is -2.42. The predicted molar refractivity (Wildman–Crippen MR) is 127 cm³/mol. The minimum absolute atomic E-state index is 0.202. The average Bonchev–Trinajstić information content (AvgIpc) is 2.98. The Morgan fingerprint density at radius 1 is 1.12 bits per heavy atom. The van der Waals surface area contributed by atoms with Crippen LogP contribution in [-0.2, 0) is 9.59 Å². The molecule has 6 amide bonds. The Morgan fingerprint density at radius 2 is 1.76 bits per heavy atom. The van der Waals surface area contributed by atoms with Crippen LogP contribution in [-0.4, -0.2) is 47.4 Å². The molecule has 33 heavy (non-hydrogen) atoms. The van der Waals surface area contributed by atoms with E-state index in [-0.39, 0.29) is 23.9 Å². The lowest BCUT2D eigenvalue weighted by molar-refractivity contribution is -0.135. The van der Waals surface area contributed by atoms with Gasteiger partial charge in [0, 0.05) is 17.9 Å². The summed E-state index contributed by atoms with van der Waals surface area (Å²) in [7, 11) is 0. The second-order valence-electron chi connectivity index (χ2n) is 9.63. The number of rotatable bonds is 7. The fourth-order valence-electron chi connectivity index (χ4n) is 4.69. The van der Waals surface area contributed by atoms with E-state index >= 15 is 0 Å². The van der Waals surface area contributed by atoms with Gasteiger partial charge >= 0.3 is 12.1 Å². The van der Waals surface area contributed by atoms with Crippen molar-refractivity contribution in [3.05, 3.63) is 24.3 Å². The molecule has 1 aromatic carbocycles. The molecule has 1 heterocycles. The van der Waals surface area contributed by atoms with Gasteiger partial charge in [0.25, 0.3) is 5.91 Å². The summed E-state index contributed by atoms with van der Waals surface area (Å²) in [5.41, 5.74) is 0.277. The predicted octanol–water partition coefficient (Wildman–Crippen LogP) is 3.68. The minimum atomic E-state index is -0.895. The van der Waals surface area contributed by atoms with Crippen molar-refractivity contribution in [1.29, 1.82) is 0 Å². The second kappa shape index (κ2) is 9.80. The molecule has 4 N–H and O–H groups in total. The van der Waals surface area contributed by atoms with E-state index in [2.05, 4.69) is 42.0 Å². The number of amides is 6. The van der Waals surface area contributed by atoms with Crippen LogP contribution in [0.3, 0.4) is 0 Å². The maximum atomic E-state index is 13.2. The molecule has 9 nitrogen and oxygen atoms in total. The summed E-state index contributed by atoms with van der Waals surface area (Å²) in [6.45, 7) is 8.63. The summed E-state index contributed by atoms with van der Waals surface area (Å²) in [4.78, 5) is 51.0. The number of benzene rings is 1. The van der Waals surface area contributed by atoms with E-state index in [4.69, 9.17) is 0 Å². The van der Waals surface area contributed by atoms with E-state index in [1.54, 1.807) is 24.3 Å². The van der Waals surface area contributed by atoms with Crippen molar-refractivity contribution < 1.29 is 19.2 Å². The normalized spacial score (nSPS) is 22.8. The Morgan fingerprint density at radius 3 is 2.36 bits per heavy atom. The topological polar surface area (TPSA) is 120 Å². The number of urea groups is 2. The van der Waals surface area contributed by atoms with Gasteiger partial charge in [-0.1, -0.05) is 33.3 Å². The van der Waals surface area contributed by atoms with Crippen LogP contribution < -0.4 is 21.3 Å². The van der Waals surface area contributed by atoms with Gasteiger partial charge in [0.2, 0.25) is 5.91 Å². The van der Waals surface area contributed by atoms with Gasteiger partial charge in [-0.2, -0.15) is 0 Å². The fourth-order valence-corrected chi connectivity index (χ4v) is 4.69. The number of carbonyl (C=O) groups excluding carboxylic acids is 4. The van der Waals surface area contributed by atoms with E-state index in [9.17, 15) is 19.2 Å². The molecule has 2 fully saturated rings. The largest absolute Gasteiger partial charge is 0.338 e. The Labute approximate surface area is 195 Å². The van der Waals surface area contributed by atoms with Gasteiger partial charge in [-0.05, 0) is 62.1 Å². The first-order chi connectivity index (χ1) is 15.6. The summed E-state index contributed by atoms with van der Waals surface area (Å²) >= 11 is 0. The van der Waals surface area contributed by atoms with Crippen LogP contribution in [0.4, 0.5) is 21.0 Å². The number of hydrogen-bond donors (Lipinski definition) is 4. The van der Waals surface area contributed by atoms with Crippen molar-refractivity contribution >= 4 is 35.3 Å². The van der Waals surface area contributed by atoms with Crippen molar-refractivity contribution in [2.45, 2.75) is 65.3 Å². The fraction of sp³-hybridized carbons (Fsp3) is 0.583. The number of anilines is 2. The Bertz CT molecular complexity index is 921. The molecule has 1 aliphatic heterocycles. The number of carbonyl (C=O) groups is 4. The van der Waals surface area contributed by atoms with Crippen molar-refractivity contribution in [1.82, 2.24) is 15.5 Å². The smallest absolute Gasteiger partial charge is 0.325 e. The molecule has 9 heteroatoms. The van der Waals surface area contributed by atoms with Crippen molar-refractivity contribution in [3.8, 4) is 0 Å². The van der Waals surface area contributed by atoms with E-state index in [1.165, 1.54) is 0 Å². The lowest BCUT2D eigenvalue weighted by Crippen LogP contribution is -2.51. The molecule has 1 saturated carbocycles. The number of nitrogens with zero attached hydrogens (tertiary/aromatic N) is 1. The second-order valence-corrected chi connectivity index (χ2v) is 9.63. The highest BCUT2D eigenvalue weighted by molar-refractivity contribution is 6.10. The van der Waals surface area contributed by atoms with Gasteiger partial charge in [0.05, 0.1) is 0 Å². The van der Waals surface area contributed by atoms with Crippen LogP contribution in [0.2, 0.25) is 0 Å². The number of nitrogens with one attached hydrogen (secondary N) is 4. The highest BCUT2D eigenvalue weighted by Gasteiger charge is 2.53. The third-order valence-corrected chi connectivity index (χ3v) is 7.14. The van der Waals surface area contributed by atoms with Gasteiger partial charge in [-0.25, -0.2) is 9.59 Å². The van der Waals surface area contributed by atoms with Crippen LogP contribution in [0.15, 0.2) is 24.3 Å². The molecular formula is C24H35N5O4. The van der Waals surface area contributed by atoms with Gasteiger partial charge in [-0.15, -0.1) is 0 Å². The van der Waals surface area contributed by atoms with E-state index in [0.717, 1.165) is 24.2 Å². The highest BCUT2D eigenvalue weighted by atomic mass is 16.2. The molecule has 0 bridgehead atoms. The standard InChI is InChI=1S/C24H35N5O4/c1-5-23(3,4)16-10-12-24(13-11-16)20(31)29(22(33)28-24)15-19(30)26-17-8-7-9-18(14-17)27-21(32)25-6-2/h7-9,14,16H,5-6,10-13,15H2,1-4H3,(H,26,30)(H,28,33)(H2,25,27,32). The van der Waals surface area contributed by atoms with Crippen molar-refractivity contribution in [3.63, 3.8) is 0 Å². The average molecular weight is 458 g/mol. The minimum Gasteiger partial charge on any atom is -0.338 e. The highest BCUT2D eigenvalue weighted by Crippen LogP contribution is 2.45. The molecule has 0 atom stereocenters. The van der Waals surface area contributed by atoms with Crippen LogP contribution in [0.1, 0.15) is 59.8 Å². The summed E-state index contributed by atoms with van der Waals surface area (Å²) in [6.07, 6.45) is 4.00. The van der Waals surface area contributed by atoms with Crippen LogP contribution in [0.5, 0.6) is 0 Å². The summed E-state index contributed by atoms with van der Waals surface area (Å²) < 4.78 is 0. The monoisotopic (exact) mass is 457 g/mol. The quantitative estimate of drug-likeness (QED) is 0.467. The third kappa shape index (κ3) is 5.46. The van der Waals surface area contributed by atoms with Crippen LogP contribution in [0.25, 0.3) is 0 Å². The van der Waals surface area contributed by atoms with Gasteiger partial charge in [-0.3, -0.25) is 14.5 Å². The summed E-state index contributed by atoms with van der Waals surface area (Å²) in [5, 5.41) is 10.9. The Hall–Kier alpha value is -3.10. The molecule has 0 unspecified atom stereocenters. The third-order valence-electron chi connectivity index (χ3n) is 7.14. The Balaban J connectivity index is 1.59. The number of imide groups is 1. The summed E-state index contributed by atoms with van der Waals surface area (Å²) in [6, 6.07) is 5.80. The van der Waals surface area contributed by atoms with Gasteiger partial charge in [0.1, 0.15) is 12.1 Å². The maximum Gasteiger partial charge on any atom is 0.325 e. The van der Waals surface area contributed by atoms with Crippen LogP contribution >= 0.6 is 0 Å². The first-order valence-electron chi connectivity index (χ1n) is 11.7.